The third kappa shape index (κ3) is 5.64. The highest BCUT2D eigenvalue weighted by Crippen LogP contribution is 2.30. The molecule has 1 amide bonds. The smallest absolute Gasteiger partial charge is 0.306 e. The van der Waals surface area contributed by atoms with Crippen molar-refractivity contribution in [2.45, 2.75) is 68.8 Å². The summed E-state index contributed by atoms with van der Waals surface area (Å²) in [6, 6.07) is 7.57. The van der Waals surface area contributed by atoms with Crippen LogP contribution >= 0.6 is 0 Å². The number of benzene rings is 1. The third-order valence-corrected chi connectivity index (χ3v) is 7.65. The number of aliphatic carboxylic acids is 1. The fourth-order valence-corrected chi connectivity index (χ4v) is 5.85. The van der Waals surface area contributed by atoms with E-state index in [0.29, 0.717) is 29.5 Å². The summed E-state index contributed by atoms with van der Waals surface area (Å²) in [7, 11) is -0.871. The van der Waals surface area contributed by atoms with Crippen molar-refractivity contribution in [3.8, 4) is 0 Å². The highest BCUT2D eigenvalue weighted by atomic mass is 32.2. The van der Waals surface area contributed by atoms with E-state index in [0.717, 1.165) is 31.2 Å². The first-order valence-corrected chi connectivity index (χ1v) is 11.4. The van der Waals surface area contributed by atoms with Crippen LogP contribution in [0.3, 0.4) is 0 Å². The van der Waals surface area contributed by atoms with E-state index < -0.39 is 22.7 Å². The summed E-state index contributed by atoms with van der Waals surface area (Å²) in [4.78, 5) is 23.8. The Morgan fingerprint density at radius 2 is 1.78 bits per heavy atom. The fraction of sp³-hybridized carbons (Fsp3) is 0.619. The number of rotatable bonds is 6. The van der Waals surface area contributed by atoms with Gasteiger partial charge in [-0.3, -0.25) is 13.8 Å². The van der Waals surface area contributed by atoms with Gasteiger partial charge in [0, 0.05) is 33.4 Å². The number of carbonyl (C=O) groups excluding carboxylic acids is 1. The molecule has 0 spiro atoms. The molecule has 1 aromatic rings. The Kier molecular flexibility index (Phi) is 7.05. The molecule has 0 aromatic heterocycles. The van der Waals surface area contributed by atoms with Crippen molar-refractivity contribution in [1.82, 2.24) is 0 Å². The lowest BCUT2D eigenvalue weighted by Gasteiger charge is -2.25. The maximum absolute atomic E-state index is 12.6. The van der Waals surface area contributed by atoms with Crippen LogP contribution in [0.25, 0.3) is 0 Å². The summed E-state index contributed by atoms with van der Waals surface area (Å²) in [5.41, 5.74) is 1.68. The zero-order valence-corrected chi connectivity index (χ0v) is 16.5. The van der Waals surface area contributed by atoms with Crippen LogP contribution in [0, 0.1) is 11.8 Å². The van der Waals surface area contributed by atoms with E-state index in [1.807, 2.05) is 24.3 Å². The molecule has 6 heteroatoms. The summed E-state index contributed by atoms with van der Waals surface area (Å²) < 4.78 is 12.6. The number of nitrogens with one attached hydrogen (secondary N) is 1. The minimum atomic E-state index is -0.871. The molecule has 2 N–H and O–H groups in total. The molecule has 2 fully saturated rings. The van der Waals surface area contributed by atoms with Gasteiger partial charge in [-0.15, -0.1) is 0 Å². The van der Waals surface area contributed by atoms with Crippen LogP contribution in [0.15, 0.2) is 24.3 Å². The van der Waals surface area contributed by atoms with Crippen LogP contribution in [0.2, 0.25) is 0 Å². The Hall–Kier alpha value is -1.69. The van der Waals surface area contributed by atoms with Crippen LogP contribution in [0.5, 0.6) is 0 Å². The normalized spacial score (nSPS) is 24.9. The van der Waals surface area contributed by atoms with Crippen LogP contribution < -0.4 is 5.32 Å². The van der Waals surface area contributed by atoms with Crippen molar-refractivity contribution in [1.29, 1.82) is 0 Å². The zero-order valence-electron chi connectivity index (χ0n) is 15.7. The summed E-state index contributed by atoms with van der Waals surface area (Å²) in [6.07, 6.45) is 8.27. The maximum atomic E-state index is 12.6. The lowest BCUT2D eigenvalue weighted by molar-refractivity contribution is -0.143. The predicted molar refractivity (Wildman–Crippen MR) is 107 cm³/mol. The maximum Gasteiger partial charge on any atom is 0.306 e. The number of hydrogen-bond donors (Lipinski definition) is 2. The van der Waals surface area contributed by atoms with Gasteiger partial charge >= 0.3 is 5.97 Å². The van der Waals surface area contributed by atoms with Crippen LogP contribution in [0.4, 0.5) is 5.69 Å². The Bertz CT molecular complexity index is 699. The number of carbonyl (C=O) groups is 2. The van der Waals surface area contributed by atoms with Gasteiger partial charge in [-0.25, -0.2) is 0 Å². The fourth-order valence-electron chi connectivity index (χ4n) is 4.25. The molecule has 0 heterocycles. The minimum absolute atomic E-state index is 0.105. The quantitative estimate of drug-likeness (QED) is 0.765. The first kappa shape index (κ1) is 20.1. The molecule has 2 aliphatic carbocycles. The van der Waals surface area contributed by atoms with E-state index >= 15 is 0 Å². The molecule has 0 aliphatic heterocycles. The second kappa shape index (κ2) is 9.49. The topological polar surface area (TPSA) is 83.5 Å². The van der Waals surface area contributed by atoms with Crippen LogP contribution in [-0.4, -0.2) is 26.4 Å². The molecule has 148 valence electrons. The molecule has 3 atom stereocenters. The third-order valence-electron chi connectivity index (χ3n) is 5.82. The molecule has 0 radical (unpaired) electrons. The van der Waals surface area contributed by atoms with Crippen molar-refractivity contribution in [3.05, 3.63) is 29.8 Å². The highest BCUT2D eigenvalue weighted by molar-refractivity contribution is 7.84. The van der Waals surface area contributed by atoms with Gasteiger partial charge in [0.25, 0.3) is 0 Å². The summed E-state index contributed by atoms with van der Waals surface area (Å²) in [5.74, 6) is -1.05. The zero-order chi connectivity index (χ0) is 19.2. The molecule has 2 saturated carbocycles. The lowest BCUT2D eigenvalue weighted by Crippen LogP contribution is -2.30. The average molecular weight is 392 g/mol. The number of carboxylic acid groups (broad SMARTS) is 1. The van der Waals surface area contributed by atoms with Gasteiger partial charge in [0.2, 0.25) is 5.91 Å². The van der Waals surface area contributed by atoms with Gasteiger partial charge in [-0.1, -0.05) is 37.8 Å². The minimum Gasteiger partial charge on any atom is -0.481 e. The molecular formula is C21H29NO4S. The molecule has 3 rings (SSSR count). The standard InChI is InChI=1S/C21H29NO4S/c23-20(16-7-5-8-17(13-16)21(24)25)22-18-9-4-6-15(12-18)14-27(26)19-10-2-1-3-11-19/h4,6,9,12,16-17,19H,1-3,5,7-8,10-11,13-14H2,(H,22,23)(H,24,25). The number of anilines is 1. The van der Waals surface area contributed by atoms with E-state index in [-0.39, 0.29) is 11.8 Å². The summed E-state index contributed by atoms with van der Waals surface area (Å²) in [6.45, 7) is 0. The van der Waals surface area contributed by atoms with Gasteiger partial charge in [0.1, 0.15) is 0 Å². The Morgan fingerprint density at radius 3 is 2.52 bits per heavy atom. The van der Waals surface area contributed by atoms with E-state index in [1.165, 1.54) is 19.3 Å². The lowest BCUT2D eigenvalue weighted by atomic mass is 9.81. The molecule has 0 saturated heterocycles. The van der Waals surface area contributed by atoms with Crippen LogP contribution in [0.1, 0.15) is 63.4 Å². The van der Waals surface area contributed by atoms with Crippen molar-refractivity contribution < 1.29 is 18.9 Å². The van der Waals surface area contributed by atoms with Gasteiger partial charge in [0.05, 0.1) is 5.92 Å². The first-order valence-electron chi connectivity index (χ1n) is 10.0. The molecular weight excluding hydrogens is 362 g/mol. The SMILES string of the molecule is O=C(O)C1CCCC(C(=O)Nc2cccc(CS(=O)C3CCCCC3)c2)C1. The monoisotopic (exact) mass is 391 g/mol. The molecule has 1 aromatic carbocycles. The number of carboxylic acids is 1. The van der Waals surface area contributed by atoms with E-state index in [1.54, 1.807) is 0 Å². The summed E-state index contributed by atoms with van der Waals surface area (Å²) in [5, 5.41) is 12.4. The largest absolute Gasteiger partial charge is 0.481 e. The van der Waals surface area contributed by atoms with Crippen molar-refractivity contribution in [2.75, 3.05) is 5.32 Å². The van der Waals surface area contributed by atoms with Gasteiger partial charge in [0.15, 0.2) is 0 Å². The van der Waals surface area contributed by atoms with E-state index in [9.17, 15) is 18.9 Å². The highest BCUT2D eigenvalue weighted by Gasteiger charge is 2.31. The van der Waals surface area contributed by atoms with Crippen molar-refractivity contribution in [3.63, 3.8) is 0 Å². The second-order valence-corrected chi connectivity index (χ2v) is 9.59. The molecule has 3 unspecified atom stereocenters. The summed E-state index contributed by atoms with van der Waals surface area (Å²) >= 11 is 0. The van der Waals surface area contributed by atoms with Crippen LogP contribution in [-0.2, 0) is 26.1 Å². The average Bonchev–Trinajstić information content (AvgIpc) is 2.69. The molecule has 2 aliphatic rings. The van der Waals surface area contributed by atoms with Gasteiger partial charge in [-0.2, -0.15) is 0 Å². The van der Waals surface area contributed by atoms with Gasteiger partial charge in [-0.05, 0) is 49.8 Å². The number of hydrogen-bond acceptors (Lipinski definition) is 3. The predicted octanol–water partition coefficient (Wildman–Crippen LogP) is 4.10. The van der Waals surface area contributed by atoms with E-state index in [2.05, 4.69) is 5.32 Å². The first-order chi connectivity index (χ1) is 13.0. The van der Waals surface area contributed by atoms with Gasteiger partial charge < -0.3 is 10.4 Å². The number of amides is 1. The molecule has 0 bridgehead atoms. The Morgan fingerprint density at radius 1 is 1.04 bits per heavy atom. The Labute approximate surface area is 163 Å². The Balaban J connectivity index is 1.57. The van der Waals surface area contributed by atoms with E-state index in [4.69, 9.17) is 0 Å². The molecule has 27 heavy (non-hydrogen) atoms. The van der Waals surface area contributed by atoms with Crippen molar-refractivity contribution >= 4 is 28.4 Å². The molecule has 5 nitrogen and oxygen atoms in total. The van der Waals surface area contributed by atoms with Crippen molar-refractivity contribution in [2.24, 2.45) is 11.8 Å². The second-order valence-electron chi connectivity index (χ2n) is 7.87.